The van der Waals surface area contributed by atoms with Crippen LogP contribution in [0.1, 0.15) is 36.3 Å². The van der Waals surface area contributed by atoms with Crippen molar-refractivity contribution in [1.29, 1.82) is 0 Å². The van der Waals surface area contributed by atoms with Gasteiger partial charge in [-0.15, -0.1) is 0 Å². The zero-order chi connectivity index (χ0) is 18.4. The number of nitrogens with one attached hydrogen (secondary N) is 1. The van der Waals surface area contributed by atoms with E-state index >= 15 is 0 Å². The molecule has 0 amide bonds. The SMILES string of the molecule is C[C@H](C1C=CC=CC1)n1cncc1C(=O)OCCC(=O)OC1NCCO1. The molecule has 3 atom stereocenters. The Kier molecular flexibility index (Phi) is 6.19. The van der Waals surface area contributed by atoms with Gasteiger partial charge in [0.2, 0.25) is 0 Å². The summed E-state index contributed by atoms with van der Waals surface area (Å²) in [4.78, 5) is 28.1. The minimum Gasteiger partial charge on any atom is -0.460 e. The van der Waals surface area contributed by atoms with Crippen molar-refractivity contribution in [2.75, 3.05) is 19.8 Å². The van der Waals surface area contributed by atoms with E-state index in [0.717, 1.165) is 6.42 Å². The first-order valence-corrected chi connectivity index (χ1v) is 8.72. The van der Waals surface area contributed by atoms with Gasteiger partial charge in [-0.3, -0.25) is 10.1 Å². The third-order valence-corrected chi connectivity index (χ3v) is 4.41. The number of allylic oxidation sites excluding steroid dienone is 4. The molecule has 1 saturated heterocycles. The fourth-order valence-electron chi connectivity index (χ4n) is 2.91. The second-order valence-corrected chi connectivity index (χ2v) is 6.17. The number of aromatic nitrogens is 2. The minimum atomic E-state index is -0.710. The van der Waals surface area contributed by atoms with Crippen molar-refractivity contribution in [3.8, 4) is 0 Å². The molecule has 1 aliphatic carbocycles. The van der Waals surface area contributed by atoms with Crippen LogP contribution in [0, 0.1) is 5.92 Å². The molecule has 1 N–H and O–H groups in total. The van der Waals surface area contributed by atoms with E-state index in [9.17, 15) is 9.59 Å². The van der Waals surface area contributed by atoms with E-state index < -0.39 is 18.4 Å². The molecule has 1 aliphatic heterocycles. The predicted molar refractivity (Wildman–Crippen MR) is 92.1 cm³/mol. The highest BCUT2D eigenvalue weighted by Gasteiger charge is 2.23. The topological polar surface area (TPSA) is 91.7 Å². The average molecular weight is 361 g/mol. The van der Waals surface area contributed by atoms with Crippen LogP contribution >= 0.6 is 0 Å². The number of nitrogens with zero attached hydrogens (tertiary/aromatic N) is 2. The lowest BCUT2D eigenvalue weighted by Crippen LogP contribution is -2.29. The summed E-state index contributed by atoms with van der Waals surface area (Å²) in [6.07, 6.45) is 11.5. The highest BCUT2D eigenvalue weighted by molar-refractivity contribution is 5.87. The summed E-state index contributed by atoms with van der Waals surface area (Å²) >= 11 is 0. The van der Waals surface area contributed by atoms with Crippen molar-refractivity contribution in [2.45, 2.75) is 32.2 Å². The molecule has 2 heterocycles. The molecule has 26 heavy (non-hydrogen) atoms. The van der Waals surface area contributed by atoms with Gasteiger partial charge in [0, 0.05) is 18.5 Å². The quantitative estimate of drug-likeness (QED) is 0.737. The molecular formula is C18H23N3O5. The summed E-state index contributed by atoms with van der Waals surface area (Å²) in [5, 5.41) is 2.87. The van der Waals surface area contributed by atoms with Crippen molar-refractivity contribution in [3.63, 3.8) is 0 Å². The molecule has 0 spiro atoms. The van der Waals surface area contributed by atoms with Gasteiger partial charge in [0.25, 0.3) is 6.41 Å². The lowest BCUT2D eigenvalue weighted by atomic mass is 9.93. The Bertz CT molecular complexity index is 691. The third kappa shape index (κ3) is 4.59. The van der Waals surface area contributed by atoms with Crippen LogP contribution in [0.5, 0.6) is 0 Å². The Labute approximate surface area is 151 Å². The van der Waals surface area contributed by atoms with E-state index in [2.05, 4.69) is 22.5 Å². The van der Waals surface area contributed by atoms with Gasteiger partial charge in [-0.2, -0.15) is 0 Å². The van der Waals surface area contributed by atoms with E-state index in [1.807, 2.05) is 23.6 Å². The van der Waals surface area contributed by atoms with Crippen LogP contribution in [0.25, 0.3) is 0 Å². The maximum absolute atomic E-state index is 12.3. The van der Waals surface area contributed by atoms with Gasteiger partial charge in [-0.05, 0) is 13.3 Å². The van der Waals surface area contributed by atoms with Gasteiger partial charge in [0.15, 0.2) is 0 Å². The largest absolute Gasteiger partial charge is 0.460 e. The van der Waals surface area contributed by atoms with Gasteiger partial charge in [-0.1, -0.05) is 24.3 Å². The highest BCUT2D eigenvalue weighted by atomic mass is 16.7. The zero-order valence-corrected chi connectivity index (χ0v) is 14.7. The molecule has 2 aliphatic rings. The van der Waals surface area contributed by atoms with E-state index in [1.54, 1.807) is 6.33 Å². The average Bonchev–Trinajstić information content (AvgIpc) is 3.33. The Morgan fingerprint density at radius 1 is 1.46 bits per heavy atom. The molecule has 3 rings (SSSR count). The van der Waals surface area contributed by atoms with Crippen LogP contribution in [-0.2, 0) is 19.0 Å². The monoisotopic (exact) mass is 361 g/mol. The standard InChI is InChI=1S/C18H23N3O5/c1-13(14-5-3-2-4-6-14)21-12-19-11-15(21)17(23)24-9-7-16(22)26-18-20-8-10-25-18/h2-5,11-14,18,20H,6-10H2,1H3/t13-,14?,18?/m1/s1. The van der Waals surface area contributed by atoms with Crippen molar-refractivity contribution < 1.29 is 23.8 Å². The molecule has 8 heteroatoms. The molecular weight excluding hydrogens is 338 g/mol. The molecule has 0 bridgehead atoms. The Morgan fingerprint density at radius 2 is 2.35 bits per heavy atom. The van der Waals surface area contributed by atoms with E-state index in [4.69, 9.17) is 14.2 Å². The van der Waals surface area contributed by atoms with Gasteiger partial charge in [0.1, 0.15) is 12.3 Å². The third-order valence-electron chi connectivity index (χ3n) is 4.41. The van der Waals surface area contributed by atoms with E-state index in [-0.39, 0.29) is 25.0 Å². The number of hydrogen-bond donors (Lipinski definition) is 1. The number of imidazole rings is 1. The summed E-state index contributed by atoms with van der Waals surface area (Å²) in [6, 6.07) is 0.0665. The maximum Gasteiger partial charge on any atom is 0.356 e. The van der Waals surface area contributed by atoms with Crippen molar-refractivity contribution in [2.24, 2.45) is 5.92 Å². The Morgan fingerprint density at radius 3 is 3.08 bits per heavy atom. The summed E-state index contributed by atoms with van der Waals surface area (Å²) in [7, 11) is 0. The number of ether oxygens (including phenoxy) is 3. The number of rotatable bonds is 7. The first kappa shape index (κ1) is 18.3. The number of hydrogen-bond acceptors (Lipinski definition) is 7. The van der Waals surface area contributed by atoms with Crippen LogP contribution in [0.3, 0.4) is 0 Å². The first-order valence-electron chi connectivity index (χ1n) is 8.72. The number of carbonyl (C=O) groups excluding carboxylic acids is 2. The lowest BCUT2D eigenvalue weighted by molar-refractivity contribution is -0.173. The summed E-state index contributed by atoms with van der Waals surface area (Å²) in [6.45, 7) is 3.12. The predicted octanol–water partition coefficient (Wildman–Crippen LogP) is 1.57. The maximum atomic E-state index is 12.3. The van der Waals surface area contributed by atoms with Crippen molar-refractivity contribution in [3.05, 3.63) is 42.5 Å². The molecule has 140 valence electrons. The van der Waals surface area contributed by atoms with Crippen LogP contribution in [-0.4, -0.2) is 47.7 Å². The molecule has 8 nitrogen and oxygen atoms in total. The fourth-order valence-corrected chi connectivity index (χ4v) is 2.91. The summed E-state index contributed by atoms with van der Waals surface area (Å²) in [5.74, 6) is -0.708. The van der Waals surface area contributed by atoms with E-state index in [0.29, 0.717) is 18.8 Å². The second-order valence-electron chi connectivity index (χ2n) is 6.17. The Hall–Kier alpha value is -2.45. The molecule has 0 radical (unpaired) electrons. The minimum absolute atomic E-state index is 0.0346. The van der Waals surface area contributed by atoms with Crippen LogP contribution in [0.15, 0.2) is 36.8 Å². The van der Waals surface area contributed by atoms with Crippen LogP contribution in [0.2, 0.25) is 0 Å². The number of esters is 2. The summed E-state index contributed by atoms with van der Waals surface area (Å²) < 4.78 is 17.2. The van der Waals surface area contributed by atoms with Gasteiger partial charge < -0.3 is 18.8 Å². The van der Waals surface area contributed by atoms with Gasteiger partial charge in [-0.25, -0.2) is 9.78 Å². The fraction of sp³-hybridized carbons (Fsp3) is 0.500. The molecule has 1 aromatic heterocycles. The van der Waals surface area contributed by atoms with Gasteiger partial charge >= 0.3 is 11.9 Å². The lowest BCUT2D eigenvalue weighted by Gasteiger charge is -2.24. The summed E-state index contributed by atoms with van der Waals surface area (Å²) in [5.41, 5.74) is 0.370. The van der Waals surface area contributed by atoms with E-state index in [1.165, 1.54) is 6.20 Å². The molecule has 0 saturated carbocycles. The second kappa shape index (κ2) is 8.77. The highest BCUT2D eigenvalue weighted by Crippen LogP contribution is 2.26. The van der Waals surface area contributed by atoms with Gasteiger partial charge in [0.05, 0.1) is 25.6 Å². The Balaban J connectivity index is 1.49. The van der Waals surface area contributed by atoms with Crippen molar-refractivity contribution >= 4 is 11.9 Å². The molecule has 2 unspecified atom stereocenters. The molecule has 1 aromatic rings. The molecule has 1 fully saturated rings. The zero-order valence-electron chi connectivity index (χ0n) is 14.7. The first-order chi connectivity index (χ1) is 12.6. The van der Waals surface area contributed by atoms with Crippen LogP contribution < -0.4 is 5.32 Å². The van der Waals surface area contributed by atoms with Crippen molar-refractivity contribution in [1.82, 2.24) is 14.9 Å². The number of carbonyl (C=O) groups is 2. The normalized spacial score (nSPS) is 23.0. The smallest absolute Gasteiger partial charge is 0.356 e. The molecule has 0 aromatic carbocycles. The van der Waals surface area contributed by atoms with Crippen LogP contribution in [0.4, 0.5) is 0 Å².